The van der Waals surface area contributed by atoms with Gasteiger partial charge in [-0.3, -0.25) is 0 Å². The lowest BCUT2D eigenvalue weighted by atomic mass is 9.53. The molecule has 4 aliphatic carbocycles. The number of benzene rings is 1. The Bertz CT molecular complexity index is 561. The first kappa shape index (κ1) is 13.3. The third-order valence-corrected chi connectivity index (χ3v) is 6.16. The molecule has 0 unspecified atom stereocenters. The molecule has 2 nitrogen and oxygen atoms in total. The van der Waals surface area contributed by atoms with Gasteiger partial charge in [0.05, 0.1) is 11.6 Å². The molecule has 0 spiro atoms. The van der Waals surface area contributed by atoms with E-state index in [0.29, 0.717) is 5.54 Å². The van der Waals surface area contributed by atoms with Crippen LogP contribution in [0.25, 0.3) is 0 Å². The number of nitrogens with one attached hydrogen (secondary N) is 1. The van der Waals surface area contributed by atoms with Crippen LogP contribution in [0.2, 0.25) is 0 Å². The van der Waals surface area contributed by atoms with Crippen LogP contribution in [0.3, 0.4) is 0 Å². The van der Waals surface area contributed by atoms with Crippen molar-refractivity contribution >= 4 is 0 Å². The molecule has 21 heavy (non-hydrogen) atoms. The van der Waals surface area contributed by atoms with Crippen LogP contribution in [0.5, 0.6) is 0 Å². The zero-order valence-electron chi connectivity index (χ0n) is 12.9. The molecule has 0 aromatic heterocycles. The Hall–Kier alpha value is -1.33. The van der Waals surface area contributed by atoms with Crippen molar-refractivity contribution in [3.63, 3.8) is 0 Å². The van der Waals surface area contributed by atoms with E-state index in [2.05, 4.69) is 24.4 Å². The highest BCUT2D eigenvalue weighted by molar-refractivity contribution is 5.37. The summed E-state index contributed by atoms with van der Waals surface area (Å²) >= 11 is 0. The van der Waals surface area contributed by atoms with Gasteiger partial charge >= 0.3 is 0 Å². The number of aryl methyl sites for hydroxylation is 1. The van der Waals surface area contributed by atoms with Gasteiger partial charge in [0.2, 0.25) is 0 Å². The Labute approximate surface area is 127 Å². The second-order valence-electron chi connectivity index (χ2n) is 7.80. The monoisotopic (exact) mass is 280 g/mol. The minimum absolute atomic E-state index is 0.426. The van der Waals surface area contributed by atoms with E-state index in [1.807, 2.05) is 12.1 Å². The molecular weight excluding hydrogens is 256 g/mol. The number of hydrogen-bond acceptors (Lipinski definition) is 2. The zero-order valence-corrected chi connectivity index (χ0v) is 12.9. The lowest BCUT2D eigenvalue weighted by Crippen LogP contribution is -2.58. The molecule has 0 amide bonds. The van der Waals surface area contributed by atoms with Gasteiger partial charge in [0.25, 0.3) is 0 Å². The van der Waals surface area contributed by atoms with Crippen molar-refractivity contribution in [3.8, 4) is 6.07 Å². The molecule has 0 radical (unpaired) electrons. The van der Waals surface area contributed by atoms with E-state index in [-0.39, 0.29) is 0 Å². The molecule has 110 valence electrons. The minimum Gasteiger partial charge on any atom is -0.307 e. The van der Waals surface area contributed by atoms with Crippen molar-refractivity contribution in [1.82, 2.24) is 5.32 Å². The van der Waals surface area contributed by atoms with Gasteiger partial charge in [0.15, 0.2) is 0 Å². The first-order chi connectivity index (χ1) is 10.2. The molecule has 0 saturated heterocycles. The summed E-state index contributed by atoms with van der Waals surface area (Å²) in [4.78, 5) is 0. The van der Waals surface area contributed by atoms with E-state index in [0.717, 1.165) is 29.9 Å². The second kappa shape index (κ2) is 4.85. The predicted octanol–water partition coefficient (Wildman–Crippen LogP) is 3.93. The molecule has 1 aromatic carbocycles. The smallest absolute Gasteiger partial charge is 0.0991 e. The van der Waals surface area contributed by atoms with Gasteiger partial charge in [-0.05, 0) is 86.5 Å². The SMILES string of the molecule is Cc1cc(C#N)ccc1CNC12CC3CC(CC(C3)C1)C2. The molecule has 1 N–H and O–H groups in total. The van der Waals surface area contributed by atoms with Crippen LogP contribution in [0.4, 0.5) is 0 Å². The third kappa shape index (κ3) is 2.38. The average molecular weight is 280 g/mol. The standard InChI is InChI=1S/C19H24N2/c1-13-4-14(11-20)2-3-18(13)12-21-19-8-15-5-16(9-19)7-17(6-15)10-19/h2-4,15-17,21H,5-10,12H2,1H3. The summed E-state index contributed by atoms with van der Waals surface area (Å²) in [6.07, 6.45) is 8.68. The lowest BCUT2D eigenvalue weighted by Gasteiger charge is -2.57. The number of nitrogens with zero attached hydrogens (tertiary/aromatic N) is 1. The number of rotatable bonds is 3. The van der Waals surface area contributed by atoms with Gasteiger partial charge < -0.3 is 5.32 Å². The molecule has 5 rings (SSSR count). The van der Waals surface area contributed by atoms with Gasteiger partial charge in [0, 0.05) is 12.1 Å². The number of nitriles is 1. The Balaban J connectivity index is 1.48. The average Bonchev–Trinajstić information content (AvgIpc) is 2.44. The highest BCUT2D eigenvalue weighted by atomic mass is 15.0. The van der Waals surface area contributed by atoms with Crippen LogP contribution in [0, 0.1) is 36.0 Å². The van der Waals surface area contributed by atoms with Crippen LogP contribution in [-0.4, -0.2) is 5.54 Å². The van der Waals surface area contributed by atoms with E-state index in [4.69, 9.17) is 5.26 Å². The molecule has 0 atom stereocenters. The molecule has 2 heteroatoms. The quantitative estimate of drug-likeness (QED) is 0.910. The van der Waals surface area contributed by atoms with E-state index in [1.165, 1.54) is 49.7 Å². The maximum Gasteiger partial charge on any atom is 0.0991 e. The summed E-state index contributed by atoms with van der Waals surface area (Å²) < 4.78 is 0. The Morgan fingerprint density at radius 1 is 1.14 bits per heavy atom. The fourth-order valence-corrected chi connectivity index (χ4v) is 5.57. The lowest BCUT2D eigenvalue weighted by molar-refractivity contribution is -0.0206. The van der Waals surface area contributed by atoms with Crippen molar-refractivity contribution in [2.24, 2.45) is 17.8 Å². The second-order valence-corrected chi connectivity index (χ2v) is 7.80. The summed E-state index contributed by atoms with van der Waals surface area (Å²) in [5.74, 6) is 2.97. The molecule has 4 saturated carbocycles. The predicted molar refractivity (Wildman–Crippen MR) is 83.6 cm³/mol. The largest absolute Gasteiger partial charge is 0.307 e. The summed E-state index contributed by atoms with van der Waals surface area (Å²) in [5, 5.41) is 12.9. The van der Waals surface area contributed by atoms with Crippen molar-refractivity contribution in [2.75, 3.05) is 0 Å². The van der Waals surface area contributed by atoms with Gasteiger partial charge in [0.1, 0.15) is 0 Å². The van der Waals surface area contributed by atoms with Crippen LogP contribution in [0.15, 0.2) is 18.2 Å². The highest BCUT2D eigenvalue weighted by Gasteiger charge is 2.50. The molecule has 0 aliphatic heterocycles. The van der Waals surface area contributed by atoms with E-state index in [9.17, 15) is 0 Å². The molecule has 0 heterocycles. The van der Waals surface area contributed by atoms with Crippen LogP contribution < -0.4 is 5.32 Å². The van der Waals surface area contributed by atoms with Gasteiger partial charge in [-0.2, -0.15) is 5.26 Å². The molecule has 4 fully saturated rings. The van der Waals surface area contributed by atoms with Crippen molar-refractivity contribution in [3.05, 3.63) is 34.9 Å². The third-order valence-electron chi connectivity index (χ3n) is 6.16. The summed E-state index contributed by atoms with van der Waals surface area (Å²) in [5.41, 5.74) is 3.79. The molecule has 4 bridgehead atoms. The Kier molecular flexibility index (Phi) is 3.08. The fraction of sp³-hybridized carbons (Fsp3) is 0.632. The van der Waals surface area contributed by atoms with Crippen LogP contribution in [0.1, 0.15) is 55.2 Å². The molecule has 1 aromatic rings. The summed E-state index contributed by atoms with van der Waals surface area (Å²) in [6.45, 7) is 3.08. The van der Waals surface area contributed by atoms with Crippen molar-refractivity contribution < 1.29 is 0 Å². The van der Waals surface area contributed by atoms with Gasteiger partial charge in [-0.15, -0.1) is 0 Å². The van der Waals surface area contributed by atoms with Crippen molar-refractivity contribution in [1.29, 1.82) is 5.26 Å². The van der Waals surface area contributed by atoms with Crippen LogP contribution in [-0.2, 0) is 6.54 Å². The number of hydrogen-bond donors (Lipinski definition) is 1. The van der Waals surface area contributed by atoms with E-state index >= 15 is 0 Å². The van der Waals surface area contributed by atoms with Crippen LogP contribution >= 0.6 is 0 Å². The maximum atomic E-state index is 8.97. The van der Waals surface area contributed by atoms with Gasteiger partial charge in [-0.25, -0.2) is 0 Å². The highest BCUT2D eigenvalue weighted by Crippen LogP contribution is 2.55. The summed E-state index contributed by atoms with van der Waals surface area (Å²) in [7, 11) is 0. The topological polar surface area (TPSA) is 35.8 Å². The first-order valence-electron chi connectivity index (χ1n) is 8.40. The fourth-order valence-electron chi connectivity index (χ4n) is 5.57. The minimum atomic E-state index is 0.426. The maximum absolute atomic E-state index is 8.97. The Morgan fingerprint density at radius 2 is 1.76 bits per heavy atom. The van der Waals surface area contributed by atoms with E-state index in [1.54, 1.807) is 0 Å². The zero-order chi connectivity index (χ0) is 14.4. The normalized spacial score (nSPS) is 36.7. The van der Waals surface area contributed by atoms with Crippen molar-refractivity contribution in [2.45, 2.75) is 57.5 Å². The molecular formula is C19H24N2. The molecule has 4 aliphatic rings. The Morgan fingerprint density at radius 3 is 2.29 bits per heavy atom. The first-order valence-corrected chi connectivity index (χ1v) is 8.40. The van der Waals surface area contributed by atoms with E-state index < -0.39 is 0 Å². The summed E-state index contributed by atoms with van der Waals surface area (Å²) in [6, 6.07) is 8.31. The van der Waals surface area contributed by atoms with Gasteiger partial charge in [-0.1, -0.05) is 6.07 Å².